The summed E-state index contributed by atoms with van der Waals surface area (Å²) in [5, 5.41) is 8.14. The van der Waals surface area contributed by atoms with Gasteiger partial charge in [-0.1, -0.05) is 0 Å². The normalized spacial score (nSPS) is 11.4. The molecule has 8 heteroatoms. The minimum atomic E-state index is -2.91. The molecule has 1 aromatic heterocycles. The fourth-order valence-electron chi connectivity index (χ4n) is 1.86. The summed E-state index contributed by atoms with van der Waals surface area (Å²) in [6, 6.07) is 8.08. The molecule has 2 rings (SSSR count). The smallest absolute Gasteiger partial charge is 0.387 e. The second-order valence-electron chi connectivity index (χ2n) is 5.72. The standard InChI is InChI=1S/C15H18F2N2O3Si/c1-20-13-9-10(5-7-12(13)21-15(16)17)11-6-8-14(19-18-11)22-23(2,3)4/h5-9,15H,1-4H3. The number of alkyl halides is 2. The summed E-state index contributed by atoms with van der Waals surface area (Å²) in [4.78, 5) is 0. The van der Waals surface area contributed by atoms with Gasteiger partial charge in [-0.2, -0.15) is 8.78 Å². The fraction of sp³-hybridized carbons (Fsp3) is 0.333. The van der Waals surface area contributed by atoms with Gasteiger partial charge < -0.3 is 13.9 Å². The SMILES string of the molecule is COc1cc(-c2ccc(O[Si](C)(C)C)nn2)ccc1OC(F)F. The van der Waals surface area contributed by atoms with Gasteiger partial charge in [-0.15, -0.1) is 10.2 Å². The van der Waals surface area contributed by atoms with Crippen LogP contribution in [0, 0.1) is 0 Å². The topological polar surface area (TPSA) is 53.5 Å². The van der Waals surface area contributed by atoms with Crippen molar-refractivity contribution in [2.24, 2.45) is 0 Å². The summed E-state index contributed by atoms with van der Waals surface area (Å²) >= 11 is 0. The zero-order valence-corrected chi connectivity index (χ0v) is 14.3. The van der Waals surface area contributed by atoms with E-state index in [1.165, 1.54) is 13.2 Å². The molecular formula is C15H18F2N2O3Si. The minimum absolute atomic E-state index is 0.0297. The Hall–Kier alpha value is -2.22. The zero-order chi connectivity index (χ0) is 17.0. The molecule has 124 valence electrons. The number of hydrogen-bond donors (Lipinski definition) is 0. The second-order valence-corrected chi connectivity index (χ2v) is 10.1. The van der Waals surface area contributed by atoms with Gasteiger partial charge in [-0.3, -0.25) is 0 Å². The monoisotopic (exact) mass is 340 g/mol. The summed E-state index contributed by atoms with van der Waals surface area (Å²) in [6.07, 6.45) is 0. The van der Waals surface area contributed by atoms with Crippen LogP contribution in [0.5, 0.6) is 17.4 Å². The Balaban J connectivity index is 2.24. The lowest BCUT2D eigenvalue weighted by Gasteiger charge is -2.17. The molecule has 0 aliphatic carbocycles. The maximum atomic E-state index is 12.3. The zero-order valence-electron chi connectivity index (χ0n) is 13.3. The number of benzene rings is 1. The van der Waals surface area contributed by atoms with Gasteiger partial charge in [0.05, 0.1) is 12.8 Å². The first kappa shape index (κ1) is 17.1. The van der Waals surface area contributed by atoms with Crippen molar-refractivity contribution < 1.29 is 22.7 Å². The predicted octanol–water partition coefficient (Wildman–Crippen LogP) is 3.97. The molecule has 0 amide bonds. The predicted molar refractivity (Wildman–Crippen MR) is 84.6 cm³/mol. The summed E-state index contributed by atoms with van der Waals surface area (Å²) in [5.74, 6) is 0.641. The van der Waals surface area contributed by atoms with Crippen LogP contribution in [0.3, 0.4) is 0 Å². The first-order valence-electron chi connectivity index (χ1n) is 6.94. The minimum Gasteiger partial charge on any atom is -0.530 e. The second kappa shape index (κ2) is 6.91. The van der Waals surface area contributed by atoms with E-state index in [1.54, 1.807) is 24.3 Å². The molecule has 0 fully saturated rings. The molecule has 0 bridgehead atoms. The largest absolute Gasteiger partial charge is 0.530 e. The summed E-state index contributed by atoms with van der Waals surface area (Å²) < 4.78 is 39.9. The Morgan fingerprint density at radius 1 is 1.00 bits per heavy atom. The molecule has 23 heavy (non-hydrogen) atoms. The molecule has 0 N–H and O–H groups in total. The molecule has 0 aliphatic rings. The van der Waals surface area contributed by atoms with Crippen molar-refractivity contribution in [2.45, 2.75) is 26.3 Å². The average molecular weight is 340 g/mol. The Morgan fingerprint density at radius 2 is 1.74 bits per heavy atom. The van der Waals surface area contributed by atoms with Crippen LogP contribution >= 0.6 is 0 Å². The molecular weight excluding hydrogens is 322 g/mol. The Kier molecular flexibility index (Phi) is 5.14. The van der Waals surface area contributed by atoms with E-state index in [4.69, 9.17) is 9.16 Å². The molecule has 0 saturated heterocycles. The third-order valence-corrected chi connectivity index (χ3v) is 3.55. The van der Waals surface area contributed by atoms with Crippen LogP contribution in [0.25, 0.3) is 11.3 Å². The quantitative estimate of drug-likeness (QED) is 0.745. The first-order chi connectivity index (χ1) is 10.8. The lowest BCUT2D eigenvalue weighted by molar-refractivity contribution is -0.0512. The molecule has 1 heterocycles. The van der Waals surface area contributed by atoms with Crippen molar-refractivity contribution in [3.8, 4) is 28.6 Å². The Bertz CT molecular complexity index is 661. The van der Waals surface area contributed by atoms with Crippen molar-refractivity contribution in [1.29, 1.82) is 0 Å². The van der Waals surface area contributed by atoms with E-state index in [1.807, 2.05) is 0 Å². The van der Waals surface area contributed by atoms with Crippen molar-refractivity contribution in [3.63, 3.8) is 0 Å². The van der Waals surface area contributed by atoms with Gasteiger partial charge in [-0.05, 0) is 43.9 Å². The van der Waals surface area contributed by atoms with Crippen LogP contribution in [0.1, 0.15) is 0 Å². The van der Waals surface area contributed by atoms with Crippen molar-refractivity contribution >= 4 is 8.32 Å². The molecule has 5 nitrogen and oxygen atoms in total. The van der Waals surface area contributed by atoms with Crippen molar-refractivity contribution in [3.05, 3.63) is 30.3 Å². The van der Waals surface area contributed by atoms with Crippen LogP contribution in [0.2, 0.25) is 19.6 Å². The van der Waals surface area contributed by atoms with Crippen molar-refractivity contribution in [1.82, 2.24) is 10.2 Å². The van der Waals surface area contributed by atoms with Crippen LogP contribution in [0.15, 0.2) is 30.3 Å². The van der Waals surface area contributed by atoms with Gasteiger partial charge in [0.25, 0.3) is 0 Å². The first-order valence-corrected chi connectivity index (χ1v) is 10.4. The van der Waals surface area contributed by atoms with E-state index in [2.05, 4.69) is 34.6 Å². The van der Waals surface area contributed by atoms with Gasteiger partial charge in [0.15, 0.2) is 11.5 Å². The molecule has 0 spiro atoms. The molecule has 2 aromatic rings. The summed E-state index contributed by atoms with van der Waals surface area (Å²) in [7, 11) is -0.360. The third kappa shape index (κ3) is 4.88. The highest BCUT2D eigenvalue weighted by molar-refractivity contribution is 6.70. The molecule has 0 aliphatic heterocycles. The third-order valence-electron chi connectivity index (χ3n) is 2.73. The van der Waals surface area contributed by atoms with Gasteiger partial charge in [0.2, 0.25) is 14.2 Å². The highest BCUT2D eigenvalue weighted by Crippen LogP contribution is 2.33. The average Bonchev–Trinajstić information content (AvgIpc) is 2.46. The van der Waals surface area contributed by atoms with Gasteiger partial charge in [-0.25, -0.2) is 0 Å². The Morgan fingerprint density at radius 3 is 2.26 bits per heavy atom. The number of halogens is 2. The van der Waals surface area contributed by atoms with Gasteiger partial charge in [0.1, 0.15) is 0 Å². The Labute approximate surface area is 134 Å². The number of methoxy groups -OCH3 is 1. The number of ether oxygens (including phenoxy) is 2. The number of aromatic nitrogens is 2. The van der Waals surface area contributed by atoms with E-state index in [0.29, 0.717) is 17.1 Å². The molecule has 1 aromatic carbocycles. The fourth-order valence-corrected chi connectivity index (χ4v) is 2.60. The number of nitrogens with zero attached hydrogens (tertiary/aromatic N) is 2. The van der Waals surface area contributed by atoms with Crippen LogP contribution < -0.4 is 13.9 Å². The van der Waals surface area contributed by atoms with E-state index < -0.39 is 14.9 Å². The number of hydrogen-bond acceptors (Lipinski definition) is 5. The number of rotatable bonds is 6. The summed E-state index contributed by atoms with van der Waals surface area (Å²) in [5.41, 5.74) is 1.25. The van der Waals surface area contributed by atoms with Gasteiger partial charge in [0, 0.05) is 11.6 Å². The molecule has 0 atom stereocenters. The van der Waals surface area contributed by atoms with Crippen LogP contribution in [-0.2, 0) is 0 Å². The molecule has 0 unspecified atom stereocenters. The van der Waals surface area contributed by atoms with Crippen LogP contribution in [-0.4, -0.2) is 32.2 Å². The molecule has 0 radical (unpaired) electrons. The maximum Gasteiger partial charge on any atom is 0.387 e. The lowest BCUT2D eigenvalue weighted by Crippen LogP contribution is -2.29. The highest BCUT2D eigenvalue weighted by atomic mass is 28.4. The summed E-state index contributed by atoms with van der Waals surface area (Å²) in [6.45, 7) is 3.24. The van der Waals surface area contributed by atoms with E-state index in [9.17, 15) is 8.78 Å². The van der Waals surface area contributed by atoms with E-state index >= 15 is 0 Å². The maximum absolute atomic E-state index is 12.3. The van der Waals surface area contributed by atoms with Gasteiger partial charge >= 0.3 is 6.61 Å². The molecule has 0 saturated carbocycles. The lowest BCUT2D eigenvalue weighted by atomic mass is 10.1. The van der Waals surface area contributed by atoms with Crippen molar-refractivity contribution in [2.75, 3.05) is 7.11 Å². The van der Waals surface area contributed by atoms with E-state index in [-0.39, 0.29) is 11.5 Å². The van der Waals surface area contributed by atoms with Crippen LogP contribution in [0.4, 0.5) is 8.78 Å². The van der Waals surface area contributed by atoms with E-state index in [0.717, 1.165) is 0 Å². The highest BCUT2D eigenvalue weighted by Gasteiger charge is 2.17.